The maximum absolute atomic E-state index is 12.7. The van der Waals surface area contributed by atoms with Gasteiger partial charge < -0.3 is 14.8 Å². The van der Waals surface area contributed by atoms with E-state index in [-0.39, 0.29) is 6.79 Å². The number of ether oxygens (including phenoxy) is 2. The van der Waals surface area contributed by atoms with Gasteiger partial charge in [0.15, 0.2) is 11.5 Å². The highest BCUT2D eigenvalue weighted by molar-refractivity contribution is 7.89. The molecule has 148 valence electrons. The van der Waals surface area contributed by atoms with Crippen LogP contribution >= 0.6 is 11.6 Å². The van der Waals surface area contributed by atoms with E-state index in [1.54, 1.807) is 18.2 Å². The van der Waals surface area contributed by atoms with Gasteiger partial charge in [-0.25, -0.2) is 8.42 Å². The van der Waals surface area contributed by atoms with Crippen molar-refractivity contribution in [3.05, 3.63) is 47.0 Å². The number of nitrogens with zero attached hydrogens (tertiary/aromatic N) is 1. The van der Waals surface area contributed by atoms with Crippen LogP contribution in [-0.2, 0) is 16.6 Å². The molecule has 3 aliphatic heterocycles. The average molecular weight is 422 g/mol. The van der Waals surface area contributed by atoms with Crippen LogP contribution in [0.15, 0.2) is 41.3 Å². The molecule has 0 atom stereocenters. The molecule has 0 aliphatic carbocycles. The summed E-state index contributed by atoms with van der Waals surface area (Å²) >= 11 is 6.40. The molecule has 0 amide bonds. The number of rotatable bonds is 2. The van der Waals surface area contributed by atoms with Crippen molar-refractivity contribution in [3.63, 3.8) is 0 Å². The molecule has 28 heavy (non-hydrogen) atoms. The third kappa shape index (κ3) is 3.10. The van der Waals surface area contributed by atoms with E-state index in [0.717, 1.165) is 18.7 Å². The van der Waals surface area contributed by atoms with Crippen molar-refractivity contribution in [1.29, 1.82) is 0 Å². The van der Waals surface area contributed by atoms with E-state index in [0.29, 0.717) is 46.5 Å². The van der Waals surface area contributed by atoms with Gasteiger partial charge in [-0.1, -0.05) is 23.7 Å². The molecule has 1 spiro atoms. The molecule has 3 aliphatic rings. The van der Waals surface area contributed by atoms with Crippen LogP contribution in [-0.4, -0.2) is 38.9 Å². The summed E-state index contributed by atoms with van der Waals surface area (Å²) in [7, 11) is -3.52. The maximum atomic E-state index is 12.7. The molecule has 2 aromatic carbocycles. The molecule has 0 radical (unpaired) electrons. The van der Waals surface area contributed by atoms with Crippen LogP contribution in [0.2, 0.25) is 5.02 Å². The van der Waals surface area contributed by atoms with Crippen molar-refractivity contribution in [2.75, 3.05) is 25.2 Å². The minimum Gasteiger partial charge on any atom is -0.454 e. The first-order valence-electron chi connectivity index (χ1n) is 9.16. The Kier molecular flexibility index (Phi) is 4.20. The molecule has 5 rings (SSSR count). The molecule has 1 saturated heterocycles. The number of benzene rings is 2. The Labute approximate surface area is 168 Å². The highest BCUT2D eigenvalue weighted by atomic mass is 35.5. The van der Waals surface area contributed by atoms with Crippen LogP contribution < -0.4 is 19.5 Å². The predicted octanol–water partition coefficient (Wildman–Crippen LogP) is 2.76. The second-order valence-corrected chi connectivity index (χ2v) is 9.44. The van der Waals surface area contributed by atoms with Crippen LogP contribution in [0.25, 0.3) is 0 Å². The molecule has 2 aromatic rings. The lowest BCUT2D eigenvalue weighted by Crippen LogP contribution is -2.61. The fraction of sp³-hybridized carbons (Fsp3) is 0.368. The molecule has 7 nitrogen and oxygen atoms in total. The predicted molar refractivity (Wildman–Crippen MR) is 105 cm³/mol. The molecule has 0 aromatic heterocycles. The first-order valence-corrected chi connectivity index (χ1v) is 11.0. The van der Waals surface area contributed by atoms with Gasteiger partial charge >= 0.3 is 0 Å². The van der Waals surface area contributed by atoms with Crippen LogP contribution in [0.4, 0.5) is 5.69 Å². The second kappa shape index (κ2) is 6.52. The number of likely N-dealkylation sites (tertiary alicyclic amines) is 1. The fourth-order valence-electron chi connectivity index (χ4n) is 4.04. The Balaban J connectivity index is 1.31. The van der Waals surface area contributed by atoms with Gasteiger partial charge in [0.1, 0.15) is 10.6 Å². The number of hydrogen-bond donors (Lipinski definition) is 2. The Hall–Kier alpha value is -2.00. The van der Waals surface area contributed by atoms with Crippen molar-refractivity contribution in [2.24, 2.45) is 0 Å². The van der Waals surface area contributed by atoms with Crippen molar-refractivity contribution < 1.29 is 17.9 Å². The summed E-state index contributed by atoms with van der Waals surface area (Å²) in [4.78, 5) is 2.57. The maximum Gasteiger partial charge on any atom is 0.244 e. The normalized spacial score (nSPS) is 21.9. The lowest BCUT2D eigenvalue weighted by molar-refractivity contribution is 0.158. The lowest BCUT2D eigenvalue weighted by atomic mass is 9.96. The number of fused-ring (bicyclic) bond motifs is 2. The number of halogens is 1. The zero-order valence-electron chi connectivity index (χ0n) is 15.1. The Morgan fingerprint density at radius 2 is 1.82 bits per heavy atom. The average Bonchev–Trinajstić information content (AvgIpc) is 3.10. The summed E-state index contributed by atoms with van der Waals surface area (Å²) in [6.45, 7) is 2.37. The van der Waals surface area contributed by atoms with Gasteiger partial charge in [0.05, 0.1) is 5.69 Å². The Morgan fingerprint density at radius 3 is 2.61 bits per heavy atom. The van der Waals surface area contributed by atoms with Gasteiger partial charge in [0.2, 0.25) is 16.8 Å². The summed E-state index contributed by atoms with van der Waals surface area (Å²) in [6, 6.07) is 10.7. The summed E-state index contributed by atoms with van der Waals surface area (Å²) in [6.07, 6.45) is 1.31. The minimum absolute atomic E-state index is 0.217. The molecule has 9 heteroatoms. The smallest absolute Gasteiger partial charge is 0.244 e. The summed E-state index contributed by atoms with van der Waals surface area (Å²) < 4.78 is 39.0. The van der Waals surface area contributed by atoms with Gasteiger partial charge in [0, 0.05) is 30.7 Å². The quantitative estimate of drug-likeness (QED) is 0.776. The number of anilines is 1. The molecule has 0 saturated carbocycles. The number of piperidine rings is 1. The third-order valence-electron chi connectivity index (χ3n) is 5.53. The number of para-hydroxylation sites is 1. The highest BCUT2D eigenvalue weighted by Gasteiger charge is 2.43. The number of sulfonamides is 1. The summed E-state index contributed by atoms with van der Waals surface area (Å²) in [5.41, 5.74) is 0.987. The van der Waals surface area contributed by atoms with E-state index in [9.17, 15) is 8.42 Å². The monoisotopic (exact) mass is 421 g/mol. The number of nitrogens with one attached hydrogen (secondary N) is 2. The SMILES string of the molecule is O=S1(=O)NC2(CCN(Cc3cc4c(cc3Cl)OCO4)CC2)Nc2ccccc21. The van der Waals surface area contributed by atoms with Crippen LogP contribution in [0.5, 0.6) is 11.5 Å². The van der Waals surface area contributed by atoms with Gasteiger partial charge in [-0.3, -0.25) is 4.90 Å². The first kappa shape index (κ1) is 18.1. The standard InChI is InChI=1S/C19H20ClN3O4S/c20-14-10-17-16(26-12-27-17)9-13(14)11-23-7-5-19(6-8-23)21-15-3-1-2-4-18(15)28(24,25)22-19/h1-4,9-10,21-22H,5-8,11-12H2. The van der Waals surface area contributed by atoms with Gasteiger partial charge in [-0.2, -0.15) is 4.72 Å². The largest absolute Gasteiger partial charge is 0.454 e. The van der Waals surface area contributed by atoms with Crippen LogP contribution in [0, 0.1) is 0 Å². The molecule has 0 bridgehead atoms. The van der Waals surface area contributed by atoms with E-state index < -0.39 is 15.7 Å². The van der Waals surface area contributed by atoms with E-state index in [1.165, 1.54) is 0 Å². The van der Waals surface area contributed by atoms with E-state index in [1.807, 2.05) is 18.2 Å². The molecule has 1 fully saturated rings. The van der Waals surface area contributed by atoms with Crippen molar-refractivity contribution >= 4 is 27.3 Å². The van der Waals surface area contributed by atoms with E-state index in [2.05, 4.69) is 14.9 Å². The van der Waals surface area contributed by atoms with Crippen molar-refractivity contribution in [1.82, 2.24) is 9.62 Å². The molecular formula is C19H20ClN3O4S. The van der Waals surface area contributed by atoms with E-state index >= 15 is 0 Å². The molecular weight excluding hydrogens is 402 g/mol. The van der Waals surface area contributed by atoms with Crippen LogP contribution in [0.3, 0.4) is 0 Å². The lowest BCUT2D eigenvalue weighted by Gasteiger charge is -2.45. The summed E-state index contributed by atoms with van der Waals surface area (Å²) in [5.74, 6) is 1.39. The minimum atomic E-state index is -3.52. The van der Waals surface area contributed by atoms with Gasteiger partial charge in [-0.05, 0) is 36.6 Å². The first-order chi connectivity index (χ1) is 13.4. The van der Waals surface area contributed by atoms with E-state index in [4.69, 9.17) is 21.1 Å². The topological polar surface area (TPSA) is 79.9 Å². The molecule has 3 heterocycles. The molecule has 2 N–H and O–H groups in total. The zero-order chi connectivity index (χ0) is 19.4. The van der Waals surface area contributed by atoms with Gasteiger partial charge in [0.25, 0.3) is 0 Å². The third-order valence-corrected chi connectivity index (χ3v) is 7.47. The van der Waals surface area contributed by atoms with Crippen molar-refractivity contribution in [3.8, 4) is 11.5 Å². The van der Waals surface area contributed by atoms with Crippen LogP contribution in [0.1, 0.15) is 18.4 Å². The Bertz CT molecular complexity index is 1040. The second-order valence-electron chi connectivity index (χ2n) is 7.38. The molecule has 0 unspecified atom stereocenters. The van der Waals surface area contributed by atoms with Gasteiger partial charge in [-0.15, -0.1) is 0 Å². The Morgan fingerprint density at radius 1 is 1.11 bits per heavy atom. The van der Waals surface area contributed by atoms with Crippen molar-refractivity contribution in [2.45, 2.75) is 29.9 Å². The summed E-state index contributed by atoms with van der Waals surface area (Å²) in [5, 5.41) is 4.07. The fourth-order valence-corrected chi connectivity index (χ4v) is 5.80. The zero-order valence-corrected chi connectivity index (χ0v) is 16.6. The number of hydrogen-bond acceptors (Lipinski definition) is 6. The highest BCUT2D eigenvalue weighted by Crippen LogP contribution is 2.38.